The molecule has 102 valence electrons. The van der Waals surface area contributed by atoms with E-state index in [1.165, 1.54) is 3.57 Å². The van der Waals surface area contributed by atoms with Gasteiger partial charge in [0.05, 0.1) is 5.69 Å². The SMILES string of the molecule is [123I]c1ccc2nc(-c3ccc(-n4ccnc4)nc3)cn2c1. The van der Waals surface area contributed by atoms with Gasteiger partial charge in [-0.05, 0) is 46.9 Å². The minimum absolute atomic E-state index is 0.842. The third-order valence-electron chi connectivity index (χ3n) is 3.23. The van der Waals surface area contributed by atoms with Crippen LogP contribution in [-0.4, -0.2) is 23.9 Å². The average Bonchev–Trinajstić information content (AvgIpc) is 3.16. The Morgan fingerprint density at radius 1 is 1.05 bits per heavy atom. The first-order chi connectivity index (χ1) is 10.3. The van der Waals surface area contributed by atoms with Gasteiger partial charge in [0.15, 0.2) is 0 Å². The van der Waals surface area contributed by atoms with Crippen LogP contribution in [0.1, 0.15) is 0 Å². The summed E-state index contributed by atoms with van der Waals surface area (Å²) in [5.74, 6) is 0.842. The van der Waals surface area contributed by atoms with Gasteiger partial charge >= 0.3 is 0 Å². The van der Waals surface area contributed by atoms with Crippen LogP contribution in [0, 0.1) is 3.57 Å². The molecule has 4 aromatic rings. The predicted molar refractivity (Wildman–Crippen MR) is 88.3 cm³/mol. The highest BCUT2D eigenvalue weighted by molar-refractivity contribution is 14.1. The summed E-state index contributed by atoms with van der Waals surface area (Å²) in [4.78, 5) is 13.1. The van der Waals surface area contributed by atoms with Crippen LogP contribution in [0.4, 0.5) is 0 Å². The van der Waals surface area contributed by atoms with E-state index >= 15 is 0 Å². The van der Waals surface area contributed by atoms with Crippen LogP contribution < -0.4 is 0 Å². The highest BCUT2D eigenvalue weighted by Gasteiger charge is 2.06. The van der Waals surface area contributed by atoms with E-state index in [4.69, 9.17) is 0 Å². The van der Waals surface area contributed by atoms with Gasteiger partial charge < -0.3 is 4.40 Å². The summed E-state index contributed by atoms with van der Waals surface area (Å²) in [7, 11) is 0. The summed E-state index contributed by atoms with van der Waals surface area (Å²) in [5.41, 5.74) is 2.85. The molecule has 0 spiro atoms. The number of fused-ring (bicyclic) bond motifs is 1. The van der Waals surface area contributed by atoms with Crippen LogP contribution in [0.2, 0.25) is 0 Å². The minimum Gasteiger partial charge on any atom is -0.305 e. The lowest BCUT2D eigenvalue weighted by atomic mass is 10.2. The van der Waals surface area contributed by atoms with Crippen molar-refractivity contribution < 1.29 is 0 Å². The summed E-state index contributed by atoms with van der Waals surface area (Å²) in [6, 6.07) is 8.05. The topological polar surface area (TPSA) is 48.0 Å². The number of nitrogens with zero attached hydrogens (tertiary/aromatic N) is 5. The van der Waals surface area contributed by atoms with Gasteiger partial charge in [0.2, 0.25) is 0 Å². The lowest BCUT2D eigenvalue weighted by Crippen LogP contribution is -1.93. The van der Waals surface area contributed by atoms with Crippen molar-refractivity contribution in [2.24, 2.45) is 0 Å². The smallest absolute Gasteiger partial charge is 0.137 e. The molecule has 0 fully saturated rings. The maximum absolute atomic E-state index is 4.62. The summed E-state index contributed by atoms with van der Waals surface area (Å²) >= 11 is 2.29. The quantitative estimate of drug-likeness (QED) is 0.500. The molecule has 0 N–H and O–H groups in total. The Labute approximate surface area is 134 Å². The normalized spacial score (nSPS) is 11.1. The van der Waals surface area contributed by atoms with Crippen molar-refractivity contribution in [1.29, 1.82) is 0 Å². The van der Waals surface area contributed by atoms with E-state index in [0.29, 0.717) is 0 Å². The second kappa shape index (κ2) is 4.96. The molecule has 0 amide bonds. The van der Waals surface area contributed by atoms with Crippen molar-refractivity contribution in [2.75, 3.05) is 0 Å². The van der Waals surface area contributed by atoms with Gasteiger partial charge in [-0.3, -0.25) is 4.57 Å². The van der Waals surface area contributed by atoms with Crippen molar-refractivity contribution in [2.45, 2.75) is 0 Å². The minimum atomic E-state index is 0.842. The predicted octanol–water partition coefficient (Wildman–Crippen LogP) is 3.19. The van der Waals surface area contributed by atoms with Crippen molar-refractivity contribution in [1.82, 2.24) is 23.9 Å². The van der Waals surface area contributed by atoms with E-state index in [1.54, 1.807) is 12.5 Å². The third-order valence-corrected chi connectivity index (χ3v) is 3.87. The van der Waals surface area contributed by atoms with Crippen molar-refractivity contribution in [3.05, 3.63) is 65.1 Å². The molecule has 0 aliphatic carbocycles. The molecular formula is C15H10IN5. The monoisotopic (exact) mass is 383 g/mol. The van der Waals surface area contributed by atoms with E-state index < -0.39 is 0 Å². The molecule has 6 heteroatoms. The lowest BCUT2D eigenvalue weighted by molar-refractivity contribution is 0.993. The van der Waals surface area contributed by atoms with Crippen molar-refractivity contribution in [3.63, 3.8) is 0 Å². The summed E-state index contributed by atoms with van der Waals surface area (Å²) in [6.07, 6.45) is 11.2. The molecule has 4 aromatic heterocycles. The van der Waals surface area contributed by atoms with Gasteiger partial charge in [-0.15, -0.1) is 0 Å². The van der Waals surface area contributed by atoms with Crippen LogP contribution in [0.25, 0.3) is 22.7 Å². The first-order valence-corrected chi connectivity index (χ1v) is 7.46. The Hall–Kier alpha value is -2.22. The Morgan fingerprint density at radius 2 is 2.00 bits per heavy atom. The van der Waals surface area contributed by atoms with E-state index in [1.807, 2.05) is 51.8 Å². The number of aromatic nitrogens is 5. The number of imidazole rings is 2. The van der Waals surface area contributed by atoms with Gasteiger partial charge in [-0.25, -0.2) is 15.0 Å². The number of hydrogen-bond donors (Lipinski definition) is 0. The second-order valence-electron chi connectivity index (χ2n) is 4.61. The van der Waals surface area contributed by atoms with Crippen LogP contribution >= 0.6 is 22.6 Å². The molecule has 0 unspecified atom stereocenters. The molecule has 4 rings (SSSR count). The Balaban J connectivity index is 1.74. The zero-order valence-electron chi connectivity index (χ0n) is 10.9. The number of halogens is 1. The molecule has 0 aliphatic rings. The fourth-order valence-electron chi connectivity index (χ4n) is 2.19. The number of rotatable bonds is 2. The Morgan fingerprint density at radius 3 is 2.76 bits per heavy atom. The van der Waals surface area contributed by atoms with Crippen LogP contribution in [0.5, 0.6) is 0 Å². The highest BCUT2D eigenvalue weighted by Crippen LogP contribution is 2.20. The number of hydrogen-bond acceptors (Lipinski definition) is 3. The number of pyridine rings is 2. The zero-order chi connectivity index (χ0) is 14.2. The van der Waals surface area contributed by atoms with E-state index in [2.05, 4.69) is 43.7 Å². The van der Waals surface area contributed by atoms with Crippen LogP contribution in [0.3, 0.4) is 0 Å². The summed E-state index contributed by atoms with van der Waals surface area (Å²) < 4.78 is 5.08. The van der Waals surface area contributed by atoms with Crippen molar-refractivity contribution >= 4 is 28.2 Å². The van der Waals surface area contributed by atoms with Gasteiger partial charge in [0, 0.05) is 40.1 Å². The van der Waals surface area contributed by atoms with Gasteiger partial charge in [-0.1, -0.05) is 0 Å². The van der Waals surface area contributed by atoms with E-state index in [-0.39, 0.29) is 0 Å². The first kappa shape index (κ1) is 12.5. The van der Waals surface area contributed by atoms with Crippen LogP contribution in [0.15, 0.2) is 61.6 Å². The summed E-state index contributed by atoms with van der Waals surface area (Å²) in [6.45, 7) is 0. The molecule has 0 atom stereocenters. The third kappa shape index (κ3) is 2.31. The second-order valence-corrected chi connectivity index (χ2v) is 5.86. The molecule has 0 bridgehead atoms. The summed E-state index contributed by atoms with van der Waals surface area (Å²) in [5, 5.41) is 0. The van der Waals surface area contributed by atoms with Crippen LogP contribution in [-0.2, 0) is 0 Å². The molecule has 5 nitrogen and oxygen atoms in total. The average molecular weight is 383 g/mol. The Kier molecular flexibility index (Phi) is 2.95. The maximum atomic E-state index is 4.62. The van der Waals surface area contributed by atoms with E-state index in [0.717, 1.165) is 22.7 Å². The van der Waals surface area contributed by atoms with Crippen molar-refractivity contribution in [3.8, 4) is 17.1 Å². The van der Waals surface area contributed by atoms with Gasteiger partial charge in [0.1, 0.15) is 17.8 Å². The largest absolute Gasteiger partial charge is 0.305 e. The molecule has 4 heterocycles. The molecule has 0 aliphatic heterocycles. The standard InChI is InChI=1S/C15H10IN5/c16-12-2-4-15-19-13(9-21(15)8-12)11-1-3-14(18-7-11)20-6-5-17-10-20/h1-10H/i16-4. The Bertz CT molecular complexity index is 894. The molecule has 0 radical (unpaired) electrons. The zero-order valence-corrected chi connectivity index (χ0v) is 13.0. The molecule has 0 saturated carbocycles. The molecule has 0 aromatic carbocycles. The fraction of sp³-hybridized carbons (Fsp3) is 0. The van der Waals surface area contributed by atoms with Gasteiger partial charge in [-0.2, -0.15) is 0 Å². The van der Waals surface area contributed by atoms with E-state index in [9.17, 15) is 0 Å². The maximum Gasteiger partial charge on any atom is 0.137 e. The van der Waals surface area contributed by atoms with Gasteiger partial charge in [0.25, 0.3) is 0 Å². The highest BCUT2D eigenvalue weighted by atomic mass is 123. The first-order valence-electron chi connectivity index (χ1n) is 6.39. The molecular weight excluding hydrogens is 373 g/mol. The fourth-order valence-corrected chi connectivity index (χ4v) is 2.67. The molecule has 21 heavy (non-hydrogen) atoms. The lowest BCUT2D eigenvalue weighted by Gasteiger charge is -2.01. The molecule has 0 saturated heterocycles.